The molecule has 0 radical (unpaired) electrons. The molecule has 0 aliphatic heterocycles. The van der Waals surface area contributed by atoms with Crippen LogP contribution < -0.4 is 10.1 Å². The quantitative estimate of drug-likeness (QED) is 0.890. The number of carboxylic acids is 1. The number of amides is 1. The monoisotopic (exact) mass is 299 g/mol. The van der Waals surface area contributed by atoms with Gasteiger partial charge in [0.15, 0.2) is 6.61 Å². The molecule has 5 heteroatoms. The number of carbonyl (C=O) groups is 2. The molecule has 0 unspecified atom stereocenters. The molecule has 0 heterocycles. The fourth-order valence-electron chi connectivity index (χ4n) is 1.92. The van der Waals surface area contributed by atoms with E-state index in [1.54, 1.807) is 12.1 Å². The molecule has 0 aliphatic carbocycles. The number of carboxylic acid groups (broad SMARTS) is 1. The van der Waals surface area contributed by atoms with E-state index >= 15 is 0 Å². The Labute approximate surface area is 128 Å². The minimum atomic E-state index is -1.04. The number of nitrogens with one attached hydrogen (secondary N) is 1. The van der Waals surface area contributed by atoms with Gasteiger partial charge in [-0.1, -0.05) is 18.2 Å². The predicted octanol–water partition coefficient (Wildman–Crippen LogP) is 3.02. The molecule has 0 saturated carbocycles. The Morgan fingerprint density at radius 1 is 1.14 bits per heavy atom. The molecule has 0 aliphatic rings. The zero-order valence-electron chi connectivity index (χ0n) is 12.4. The lowest BCUT2D eigenvalue weighted by Crippen LogP contribution is -2.20. The maximum atomic E-state index is 11.9. The van der Waals surface area contributed by atoms with E-state index in [1.807, 2.05) is 32.0 Å². The second-order valence-electron chi connectivity index (χ2n) is 4.99. The number of aromatic carboxylic acids is 1. The van der Waals surface area contributed by atoms with Crippen molar-refractivity contribution < 1.29 is 19.4 Å². The third-order valence-electron chi connectivity index (χ3n) is 3.12. The van der Waals surface area contributed by atoms with Crippen LogP contribution in [0.4, 0.5) is 5.69 Å². The average Bonchev–Trinajstić information content (AvgIpc) is 2.49. The van der Waals surface area contributed by atoms with Crippen LogP contribution in [0.3, 0.4) is 0 Å². The van der Waals surface area contributed by atoms with Gasteiger partial charge in [0.1, 0.15) is 5.75 Å². The maximum absolute atomic E-state index is 11.9. The van der Waals surface area contributed by atoms with E-state index < -0.39 is 5.97 Å². The van der Waals surface area contributed by atoms with Crippen LogP contribution >= 0.6 is 0 Å². The SMILES string of the molecule is Cc1ccc(C)c(NC(=O)COc2cccc(C(=O)O)c2)c1. The largest absolute Gasteiger partial charge is 0.484 e. The molecule has 2 aromatic carbocycles. The standard InChI is InChI=1S/C17H17NO4/c1-11-6-7-12(2)15(8-11)18-16(19)10-22-14-5-3-4-13(9-14)17(20)21/h3-9H,10H2,1-2H3,(H,18,19)(H,20,21). The Kier molecular flexibility index (Phi) is 4.78. The lowest BCUT2D eigenvalue weighted by molar-refractivity contribution is -0.118. The Hall–Kier alpha value is -2.82. The molecule has 2 N–H and O–H groups in total. The molecule has 0 saturated heterocycles. The summed E-state index contributed by atoms with van der Waals surface area (Å²) in [6, 6.07) is 11.8. The van der Waals surface area contributed by atoms with E-state index in [-0.39, 0.29) is 18.1 Å². The molecular formula is C17H17NO4. The van der Waals surface area contributed by atoms with E-state index in [0.29, 0.717) is 5.75 Å². The molecule has 1 amide bonds. The average molecular weight is 299 g/mol. The van der Waals surface area contributed by atoms with Gasteiger partial charge in [-0.3, -0.25) is 4.79 Å². The summed E-state index contributed by atoms with van der Waals surface area (Å²) in [5.74, 6) is -0.990. The van der Waals surface area contributed by atoms with Gasteiger partial charge in [0.2, 0.25) is 0 Å². The summed E-state index contributed by atoms with van der Waals surface area (Å²) in [5, 5.41) is 11.7. The van der Waals surface area contributed by atoms with E-state index in [1.165, 1.54) is 12.1 Å². The van der Waals surface area contributed by atoms with Crippen LogP contribution in [0, 0.1) is 13.8 Å². The summed E-state index contributed by atoms with van der Waals surface area (Å²) in [7, 11) is 0. The molecular weight excluding hydrogens is 282 g/mol. The number of hydrogen-bond acceptors (Lipinski definition) is 3. The molecule has 0 fully saturated rings. The van der Waals surface area contributed by atoms with Crippen LogP contribution in [0.1, 0.15) is 21.5 Å². The lowest BCUT2D eigenvalue weighted by Gasteiger charge is -2.10. The van der Waals surface area contributed by atoms with Crippen LogP contribution in [0.25, 0.3) is 0 Å². The van der Waals surface area contributed by atoms with Gasteiger partial charge in [0, 0.05) is 5.69 Å². The summed E-state index contributed by atoms with van der Waals surface area (Å²) in [6.07, 6.45) is 0. The summed E-state index contributed by atoms with van der Waals surface area (Å²) >= 11 is 0. The van der Waals surface area contributed by atoms with Crippen molar-refractivity contribution in [2.45, 2.75) is 13.8 Å². The van der Waals surface area contributed by atoms with Crippen molar-refractivity contribution in [2.75, 3.05) is 11.9 Å². The van der Waals surface area contributed by atoms with Gasteiger partial charge >= 0.3 is 5.97 Å². The highest BCUT2D eigenvalue weighted by Crippen LogP contribution is 2.17. The zero-order valence-corrected chi connectivity index (χ0v) is 12.4. The number of anilines is 1. The van der Waals surface area contributed by atoms with Crippen molar-refractivity contribution in [1.82, 2.24) is 0 Å². The summed E-state index contributed by atoms with van der Waals surface area (Å²) in [5.41, 5.74) is 2.88. The first-order chi connectivity index (χ1) is 10.5. The molecule has 0 aromatic heterocycles. The first-order valence-electron chi connectivity index (χ1n) is 6.79. The Bertz CT molecular complexity index is 710. The molecule has 0 bridgehead atoms. The fourth-order valence-corrected chi connectivity index (χ4v) is 1.92. The zero-order chi connectivity index (χ0) is 16.1. The van der Waals surface area contributed by atoms with Crippen molar-refractivity contribution in [3.63, 3.8) is 0 Å². The predicted molar refractivity (Wildman–Crippen MR) is 83.4 cm³/mol. The topological polar surface area (TPSA) is 75.6 Å². The van der Waals surface area contributed by atoms with Gasteiger partial charge in [-0.15, -0.1) is 0 Å². The number of aryl methyl sites for hydroxylation is 2. The van der Waals surface area contributed by atoms with E-state index in [4.69, 9.17) is 9.84 Å². The van der Waals surface area contributed by atoms with Crippen molar-refractivity contribution in [3.05, 3.63) is 59.2 Å². The normalized spacial score (nSPS) is 10.1. The molecule has 0 atom stereocenters. The van der Waals surface area contributed by atoms with Crippen molar-refractivity contribution >= 4 is 17.6 Å². The first-order valence-corrected chi connectivity index (χ1v) is 6.79. The third kappa shape index (κ3) is 4.09. The second-order valence-corrected chi connectivity index (χ2v) is 4.99. The Morgan fingerprint density at radius 2 is 1.91 bits per heavy atom. The smallest absolute Gasteiger partial charge is 0.335 e. The number of hydrogen-bond donors (Lipinski definition) is 2. The van der Waals surface area contributed by atoms with Gasteiger partial charge < -0.3 is 15.2 Å². The highest BCUT2D eigenvalue weighted by atomic mass is 16.5. The van der Waals surface area contributed by atoms with Gasteiger partial charge in [-0.05, 0) is 49.2 Å². The van der Waals surface area contributed by atoms with E-state index in [2.05, 4.69) is 5.32 Å². The van der Waals surface area contributed by atoms with Crippen molar-refractivity contribution in [1.29, 1.82) is 0 Å². The molecule has 2 aromatic rings. The van der Waals surface area contributed by atoms with Gasteiger partial charge in [-0.25, -0.2) is 4.79 Å². The Morgan fingerprint density at radius 3 is 2.64 bits per heavy atom. The number of rotatable bonds is 5. The van der Waals surface area contributed by atoms with Crippen molar-refractivity contribution in [3.8, 4) is 5.75 Å². The summed E-state index contributed by atoms with van der Waals surface area (Å²) < 4.78 is 5.33. The van der Waals surface area contributed by atoms with Crippen LogP contribution in [0.5, 0.6) is 5.75 Å². The molecule has 22 heavy (non-hydrogen) atoms. The highest BCUT2D eigenvalue weighted by molar-refractivity contribution is 5.92. The summed E-state index contributed by atoms with van der Waals surface area (Å²) in [4.78, 5) is 22.8. The third-order valence-corrected chi connectivity index (χ3v) is 3.12. The van der Waals surface area contributed by atoms with Gasteiger partial charge in [0.05, 0.1) is 5.56 Å². The van der Waals surface area contributed by atoms with E-state index in [0.717, 1.165) is 16.8 Å². The van der Waals surface area contributed by atoms with E-state index in [9.17, 15) is 9.59 Å². The van der Waals surface area contributed by atoms with Crippen molar-refractivity contribution in [2.24, 2.45) is 0 Å². The van der Waals surface area contributed by atoms with Gasteiger partial charge in [-0.2, -0.15) is 0 Å². The molecule has 5 nitrogen and oxygen atoms in total. The van der Waals surface area contributed by atoms with Crippen LogP contribution in [-0.4, -0.2) is 23.6 Å². The van der Waals surface area contributed by atoms with Crippen LogP contribution in [0.2, 0.25) is 0 Å². The number of carbonyl (C=O) groups excluding carboxylic acids is 1. The first kappa shape index (κ1) is 15.6. The maximum Gasteiger partial charge on any atom is 0.335 e. The fraction of sp³-hybridized carbons (Fsp3) is 0.176. The Balaban J connectivity index is 1.97. The number of ether oxygens (including phenoxy) is 1. The molecule has 2 rings (SSSR count). The minimum absolute atomic E-state index is 0.118. The highest BCUT2D eigenvalue weighted by Gasteiger charge is 2.08. The summed E-state index contributed by atoms with van der Waals surface area (Å²) in [6.45, 7) is 3.67. The second kappa shape index (κ2) is 6.76. The van der Waals surface area contributed by atoms with Crippen LogP contribution in [0.15, 0.2) is 42.5 Å². The lowest BCUT2D eigenvalue weighted by atomic mass is 10.1. The molecule has 0 spiro atoms. The van der Waals surface area contributed by atoms with Crippen LogP contribution in [-0.2, 0) is 4.79 Å². The number of benzene rings is 2. The van der Waals surface area contributed by atoms with Gasteiger partial charge in [0.25, 0.3) is 5.91 Å². The molecule has 114 valence electrons. The minimum Gasteiger partial charge on any atom is -0.484 e.